The maximum Gasteiger partial charge on any atom is 0.230 e. The third-order valence-corrected chi connectivity index (χ3v) is 2.69. The normalized spacial score (nSPS) is 14.2. The lowest BCUT2D eigenvalue weighted by Crippen LogP contribution is -2.26. The number of hydrogen-bond donors (Lipinski definition) is 0. The molecule has 2 aromatic heterocycles. The molecule has 0 saturated heterocycles. The average Bonchev–Trinajstić information content (AvgIpc) is 2.89. The number of rotatable bonds is 3. The lowest BCUT2D eigenvalue weighted by atomic mass is 10.3. The Labute approximate surface area is 105 Å². The molecule has 0 aromatic carbocycles. The molecule has 3 rings (SSSR count). The van der Waals surface area contributed by atoms with Crippen LogP contribution in [0.1, 0.15) is 5.69 Å². The zero-order valence-corrected chi connectivity index (χ0v) is 9.85. The van der Waals surface area contributed by atoms with Gasteiger partial charge in [-0.2, -0.15) is 0 Å². The van der Waals surface area contributed by atoms with Gasteiger partial charge in [-0.1, -0.05) is 6.07 Å². The van der Waals surface area contributed by atoms with Gasteiger partial charge in [0.05, 0.1) is 18.9 Å². The lowest BCUT2D eigenvalue weighted by Gasteiger charge is -2.19. The van der Waals surface area contributed by atoms with Crippen LogP contribution in [0.15, 0.2) is 55.3 Å². The summed E-state index contributed by atoms with van der Waals surface area (Å²) in [5.41, 5.74) is 1.05. The van der Waals surface area contributed by atoms with Gasteiger partial charge >= 0.3 is 0 Å². The van der Waals surface area contributed by atoms with E-state index in [0.717, 1.165) is 24.9 Å². The number of nitrogens with zero attached hydrogens (tertiary/aromatic N) is 5. The van der Waals surface area contributed by atoms with Gasteiger partial charge in [-0.15, -0.1) is 0 Å². The van der Waals surface area contributed by atoms with Crippen molar-refractivity contribution in [3.63, 3.8) is 0 Å². The predicted molar refractivity (Wildman–Crippen MR) is 68.3 cm³/mol. The minimum absolute atomic E-state index is 0.720. The molecular formula is C13H13N5. The maximum atomic E-state index is 4.31. The summed E-state index contributed by atoms with van der Waals surface area (Å²) in [6.45, 7) is 1.54. The zero-order chi connectivity index (χ0) is 12.2. The molecule has 0 amide bonds. The van der Waals surface area contributed by atoms with Crippen LogP contribution in [-0.2, 0) is 6.54 Å². The molecule has 3 heterocycles. The minimum Gasteiger partial charge on any atom is -0.352 e. The van der Waals surface area contributed by atoms with E-state index in [9.17, 15) is 0 Å². The van der Waals surface area contributed by atoms with Crippen molar-refractivity contribution in [3.8, 4) is 0 Å². The van der Waals surface area contributed by atoms with Crippen molar-refractivity contribution in [2.75, 3.05) is 11.6 Å². The van der Waals surface area contributed by atoms with E-state index in [0.29, 0.717) is 0 Å². The Bertz CT molecular complexity index is 526. The molecule has 18 heavy (non-hydrogen) atoms. The second-order valence-corrected chi connectivity index (χ2v) is 4.03. The summed E-state index contributed by atoms with van der Waals surface area (Å²) in [5.74, 6) is 0.720. The van der Waals surface area contributed by atoms with Crippen molar-refractivity contribution in [2.24, 2.45) is 0 Å². The van der Waals surface area contributed by atoms with Crippen LogP contribution in [-0.4, -0.2) is 26.5 Å². The standard InChI is InChI=1S/C13H13N5/c1-2-5-14-12(4-1)10-17-8-9-18(11-17)13-15-6-3-7-16-13/h1-9H,10-11H2. The molecule has 0 spiro atoms. The highest BCUT2D eigenvalue weighted by Crippen LogP contribution is 2.15. The molecule has 1 aliphatic rings. The highest BCUT2D eigenvalue weighted by atomic mass is 15.4. The van der Waals surface area contributed by atoms with Crippen LogP contribution in [0.3, 0.4) is 0 Å². The van der Waals surface area contributed by atoms with Crippen molar-refractivity contribution in [3.05, 3.63) is 60.9 Å². The first-order valence-corrected chi connectivity index (χ1v) is 5.78. The fraction of sp³-hybridized carbons (Fsp3) is 0.154. The molecule has 0 aliphatic carbocycles. The third kappa shape index (κ3) is 2.29. The maximum absolute atomic E-state index is 4.31. The van der Waals surface area contributed by atoms with Crippen molar-refractivity contribution in [1.82, 2.24) is 19.9 Å². The number of aromatic nitrogens is 3. The largest absolute Gasteiger partial charge is 0.352 e. The van der Waals surface area contributed by atoms with E-state index in [2.05, 4.69) is 19.9 Å². The summed E-state index contributed by atoms with van der Waals surface area (Å²) < 4.78 is 0. The van der Waals surface area contributed by atoms with Crippen LogP contribution in [0.2, 0.25) is 0 Å². The Morgan fingerprint density at radius 2 is 1.78 bits per heavy atom. The van der Waals surface area contributed by atoms with Gasteiger partial charge in [-0.25, -0.2) is 9.97 Å². The second-order valence-electron chi connectivity index (χ2n) is 4.03. The van der Waals surface area contributed by atoms with Crippen LogP contribution in [0, 0.1) is 0 Å². The predicted octanol–water partition coefficient (Wildman–Crippen LogP) is 1.62. The summed E-state index contributed by atoms with van der Waals surface area (Å²) in [4.78, 5) is 16.9. The third-order valence-electron chi connectivity index (χ3n) is 2.69. The molecule has 90 valence electrons. The zero-order valence-electron chi connectivity index (χ0n) is 9.85. The Balaban J connectivity index is 1.65. The molecule has 0 saturated carbocycles. The number of pyridine rings is 1. The van der Waals surface area contributed by atoms with E-state index in [1.165, 1.54) is 0 Å². The van der Waals surface area contributed by atoms with Crippen molar-refractivity contribution < 1.29 is 0 Å². The van der Waals surface area contributed by atoms with Crippen molar-refractivity contribution in [2.45, 2.75) is 6.54 Å². The fourth-order valence-electron chi connectivity index (χ4n) is 1.84. The van der Waals surface area contributed by atoms with E-state index < -0.39 is 0 Å². The molecule has 0 radical (unpaired) electrons. The smallest absolute Gasteiger partial charge is 0.230 e. The second kappa shape index (κ2) is 4.83. The van der Waals surface area contributed by atoms with Crippen LogP contribution in [0.25, 0.3) is 0 Å². The first-order valence-electron chi connectivity index (χ1n) is 5.78. The van der Waals surface area contributed by atoms with Gasteiger partial charge in [0.15, 0.2) is 0 Å². The molecule has 1 aliphatic heterocycles. The van der Waals surface area contributed by atoms with Gasteiger partial charge in [-0.05, 0) is 18.2 Å². The quantitative estimate of drug-likeness (QED) is 0.814. The van der Waals surface area contributed by atoms with Gasteiger partial charge in [0.25, 0.3) is 0 Å². The summed E-state index contributed by atoms with van der Waals surface area (Å²) in [6.07, 6.45) is 9.33. The van der Waals surface area contributed by atoms with Crippen LogP contribution in [0.5, 0.6) is 0 Å². The van der Waals surface area contributed by atoms with Gasteiger partial charge < -0.3 is 4.90 Å². The molecule has 0 unspecified atom stereocenters. The molecule has 5 heteroatoms. The monoisotopic (exact) mass is 239 g/mol. The van der Waals surface area contributed by atoms with E-state index in [4.69, 9.17) is 0 Å². The first-order chi connectivity index (χ1) is 8.92. The van der Waals surface area contributed by atoms with Crippen LogP contribution >= 0.6 is 0 Å². The summed E-state index contributed by atoms with van der Waals surface area (Å²) >= 11 is 0. The van der Waals surface area contributed by atoms with Crippen molar-refractivity contribution in [1.29, 1.82) is 0 Å². The summed E-state index contributed by atoms with van der Waals surface area (Å²) in [7, 11) is 0. The minimum atomic E-state index is 0.720. The molecule has 0 atom stereocenters. The van der Waals surface area contributed by atoms with E-state index >= 15 is 0 Å². The summed E-state index contributed by atoms with van der Waals surface area (Å²) in [5, 5.41) is 0. The topological polar surface area (TPSA) is 45.2 Å². The van der Waals surface area contributed by atoms with Crippen LogP contribution in [0.4, 0.5) is 5.95 Å². The lowest BCUT2D eigenvalue weighted by molar-refractivity contribution is 0.393. The Kier molecular flexibility index (Phi) is 2.87. The van der Waals surface area contributed by atoms with Gasteiger partial charge in [0, 0.05) is 31.0 Å². The number of anilines is 1. The Morgan fingerprint density at radius 1 is 0.944 bits per heavy atom. The van der Waals surface area contributed by atoms with E-state index in [1.54, 1.807) is 12.4 Å². The highest BCUT2D eigenvalue weighted by molar-refractivity contribution is 5.35. The van der Waals surface area contributed by atoms with Gasteiger partial charge in [0.1, 0.15) is 0 Å². The first kappa shape index (κ1) is 10.7. The Hall–Kier alpha value is -2.43. The molecular weight excluding hydrogens is 226 g/mol. The van der Waals surface area contributed by atoms with Crippen molar-refractivity contribution >= 4 is 5.95 Å². The van der Waals surface area contributed by atoms with Gasteiger partial charge in [0.2, 0.25) is 5.95 Å². The SMILES string of the molecule is C1=CN(c2ncccn2)CN1Cc1ccccn1. The molecule has 2 aromatic rings. The van der Waals surface area contributed by atoms with E-state index in [-0.39, 0.29) is 0 Å². The molecule has 0 bridgehead atoms. The fourth-order valence-corrected chi connectivity index (χ4v) is 1.84. The molecule has 0 fully saturated rings. The van der Waals surface area contributed by atoms with E-state index in [1.807, 2.05) is 47.8 Å². The van der Waals surface area contributed by atoms with Gasteiger partial charge in [-0.3, -0.25) is 9.88 Å². The summed E-state index contributed by atoms with van der Waals surface area (Å²) in [6, 6.07) is 7.76. The highest BCUT2D eigenvalue weighted by Gasteiger charge is 2.15. The molecule has 0 N–H and O–H groups in total. The Morgan fingerprint density at radius 3 is 2.56 bits per heavy atom. The molecule has 5 nitrogen and oxygen atoms in total. The average molecular weight is 239 g/mol. The number of hydrogen-bond acceptors (Lipinski definition) is 5. The van der Waals surface area contributed by atoms with Crippen LogP contribution < -0.4 is 4.90 Å².